The fourth-order valence-corrected chi connectivity index (χ4v) is 2.53. The number of benzene rings is 2. The van der Waals surface area contributed by atoms with E-state index in [0.29, 0.717) is 0 Å². The molecule has 20 heavy (non-hydrogen) atoms. The van der Waals surface area contributed by atoms with Crippen molar-refractivity contribution in [1.29, 1.82) is 0 Å². The van der Waals surface area contributed by atoms with Crippen LogP contribution in [0.15, 0.2) is 42.5 Å². The van der Waals surface area contributed by atoms with Gasteiger partial charge < -0.3 is 5.32 Å². The first-order chi connectivity index (χ1) is 9.60. The zero-order valence-electron chi connectivity index (χ0n) is 12.4. The molecule has 106 valence electrons. The fourth-order valence-electron chi connectivity index (χ4n) is 2.53. The van der Waals surface area contributed by atoms with Gasteiger partial charge in [0.25, 0.3) is 0 Å². The number of likely N-dealkylation sites (N-methyl/N-ethyl adjacent to an activating group) is 1. The molecule has 2 heteroatoms. The van der Waals surface area contributed by atoms with Gasteiger partial charge in [0.05, 0.1) is 0 Å². The quantitative estimate of drug-likeness (QED) is 0.867. The Morgan fingerprint density at radius 3 is 2.50 bits per heavy atom. The van der Waals surface area contributed by atoms with Gasteiger partial charge in [-0.1, -0.05) is 30.3 Å². The van der Waals surface area contributed by atoms with Crippen LogP contribution in [-0.2, 0) is 6.42 Å². The number of hydrogen-bond donors (Lipinski definition) is 1. The van der Waals surface area contributed by atoms with Crippen molar-refractivity contribution in [2.24, 2.45) is 0 Å². The summed E-state index contributed by atoms with van der Waals surface area (Å²) in [5.74, 6) is 0.126. The van der Waals surface area contributed by atoms with Gasteiger partial charge in [0, 0.05) is 12.5 Å². The third kappa shape index (κ3) is 3.67. The van der Waals surface area contributed by atoms with Gasteiger partial charge >= 0.3 is 0 Å². The van der Waals surface area contributed by atoms with Crippen LogP contribution in [0.2, 0.25) is 0 Å². The lowest BCUT2D eigenvalue weighted by atomic mass is 9.90. The summed E-state index contributed by atoms with van der Waals surface area (Å²) in [6.45, 7) is 5.10. The van der Waals surface area contributed by atoms with Gasteiger partial charge in [-0.25, -0.2) is 4.39 Å². The lowest BCUT2D eigenvalue weighted by Crippen LogP contribution is -2.19. The summed E-state index contributed by atoms with van der Waals surface area (Å²) in [7, 11) is 1.94. The van der Waals surface area contributed by atoms with E-state index in [0.717, 1.165) is 18.5 Å². The predicted octanol–water partition coefficient (Wildman–Crippen LogP) is 3.99. The second-order valence-corrected chi connectivity index (χ2v) is 5.43. The molecule has 1 atom stereocenters. The normalized spacial score (nSPS) is 12.4. The van der Waals surface area contributed by atoms with Crippen LogP contribution in [0.5, 0.6) is 0 Å². The molecule has 0 aromatic heterocycles. The Kier molecular flexibility index (Phi) is 4.91. The lowest BCUT2D eigenvalue weighted by Gasteiger charge is -2.18. The summed E-state index contributed by atoms with van der Waals surface area (Å²) >= 11 is 0. The molecule has 2 aromatic carbocycles. The average molecular weight is 271 g/mol. The van der Waals surface area contributed by atoms with Gasteiger partial charge in [0.15, 0.2) is 0 Å². The Morgan fingerprint density at radius 2 is 1.85 bits per heavy atom. The first kappa shape index (κ1) is 14.7. The molecule has 0 heterocycles. The number of nitrogens with one attached hydrogen (secondary N) is 1. The van der Waals surface area contributed by atoms with Crippen molar-refractivity contribution in [2.75, 3.05) is 13.6 Å². The molecule has 0 fully saturated rings. The maximum atomic E-state index is 13.4. The molecule has 1 N–H and O–H groups in total. The molecule has 1 nitrogen and oxygen atoms in total. The van der Waals surface area contributed by atoms with E-state index in [2.05, 4.69) is 37.4 Å². The smallest absolute Gasteiger partial charge is 0.123 e. The van der Waals surface area contributed by atoms with Crippen LogP contribution in [0.25, 0.3) is 0 Å². The largest absolute Gasteiger partial charge is 0.319 e. The molecule has 2 rings (SSSR count). The molecular weight excluding hydrogens is 249 g/mol. The first-order valence-electron chi connectivity index (χ1n) is 7.06. The number of halogens is 1. The summed E-state index contributed by atoms with van der Waals surface area (Å²) < 4.78 is 13.4. The molecule has 0 radical (unpaired) electrons. The summed E-state index contributed by atoms with van der Waals surface area (Å²) in [6.07, 6.45) is 0.922. The van der Waals surface area contributed by atoms with Crippen molar-refractivity contribution in [3.63, 3.8) is 0 Å². The molecule has 0 aliphatic heterocycles. The highest BCUT2D eigenvalue weighted by Gasteiger charge is 2.12. The third-order valence-electron chi connectivity index (χ3n) is 3.82. The van der Waals surface area contributed by atoms with E-state index >= 15 is 0 Å². The minimum Gasteiger partial charge on any atom is -0.319 e. The minimum atomic E-state index is -0.163. The number of rotatable bonds is 5. The lowest BCUT2D eigenvalue weighted by molar-refractivity contribution is 0.600. The van der Waals surface area contributed by atoms with Crippen molar-refractivity contribution in [3.8, 4) is 0 Å². The minimum absolute atomic E-state index is 0.163. The monoisotopic (exact) mass is 271 g/mol. The van der Waals surface area contributed by atoms with Gasteiger partial charge in [-0.2, -0.15) is 0 Å². The zero-order chi connectivity index (χ0) is 14.5. The third-order valence-corrected chi connectivity index (χ3v) is 3.82. The van der Waals surface area contributed by atoms with Crippen LogP contribution in [0.3, 0.4) is 0 Å². The van der Waals surface area contributed by atoms with Gasteiger partial charge in [-0.15, -0.1) is 0 Å². The Bertz CT molecular complexity index is 577. The van der Waals surface area contributed by atoms with E-state index in [1.165, 1.54) is 22.8 Å². The SMILES string of the molecule is CNCC(Cc1ccc(C)c(C)c1)c1cccc(F)c1. The summed E-state index contributed by atoms with van der Waals surface area (Å²) in [5, 5.41) is 3.21. The van der Waals surface area contributed by atoms with E-state index in [9.17, 15) is 4.39 Å². The summed E-state index contributed by atoms with van der Waals surface area (Å²) in [4.78, 5) is 0. The molecule has 0 amide bonds. The standard InChI is InChI=1S/C18H22FN/c1-13-7-8-15(9-14(13)2)10-17(12-20-3)16-5-4-6-18(19)11-16/h4-9,11,17,20H,10,12H2,1-3H3. The molecule has 0 aliphatic carbocycles. The van der Waals surface area contributed by atoms with Crippen molar-refractivity contribution in [1.82, 2.24) is 5.32 Å². The average Bonchev–Trinajstić information content (AvgIpc) is 2.42. The van der Waals surface area contributed by atoms with E-state index in [4.69, 9.17) is 0 Å². The van der Waals surface area contributed by atoms with E-state index in [1.54, 1.807) is 12.1 Å². The maximum absolute atomic E-state index is 13.4. The Balaban J connectivity index is 2.22. The highest BCUT2D eigenvalue weighted by atomic mass is 19.1. The molecule has 0 saturated heterocycles. The molecule has 0 saturated carbocycles. The van der Waals surface area contributed by atoms with Crippen LogP contribution in [-0.4, -0.2) is 13.6 Å². The number of aryl methyl sites for hydroxylation is 2. The Morgan fingerprint density at radius 1 is 1.05 bits per heavy atom. The highest BCUT2D eigenvalue weighted by molar-refractivity contribution is 5.32. The second kappa shape index (κ2) is 6.67. The van der Waals surface area contributed by atoms with Crippen LogP contribution < -0.4 is 5.32 Å². The van der Waals surface area contributed by atoms with Crippen LogP contribution in [0.1, 0.15) is 28.2 Å². The van der Waals surface area contributed by atoms with E-state index in [1.807, 2.05) is 13.1 Å². The zero-order valence-corrected chi connectivity index (χ0v) is 12.4. The molecule has 1 unspecified atom stereocenters. The Hall–Kier alpha value is -1.67. The van der Waals surface area contributed by atoms with Crippen LogP contribution in [0.4, 0.5) is 4.39 Å². The highest BCUT2D eigenvalue weighted by Crippen LogP contribution is 2.22. The van der Waals surface area contributed by atoms with Crippen molar-refractivity contribution < 1.29 is 4.39 Å². The molecule has 0 bridgehead atoms. The van der Waals surface area contributed by atoms with E-state index in [-0.39, 0.29) is 11.7 Å². The maximum Gasteiger partial charge on any atom is 0.123 e. The van der Waals surface area contributed by atoms with Gasteiger partial charge in [-0.3, -0.25) is 0 Å². The Labute approximate surface area is 120 Å². The van der Waals surface area contributed by atoms with Crippen LogP contribution in [0, 0.1) is 19.7 Å². The van der Waals surface area contributed by atoms with Gasteiger partial charge in [0.1, 0.15) is 5.82 Å². The van der Waals surface area contributed by atoms with Crippen molar-refractivity contribution in [2.45, 2.75) is 26.2 Å². The topological polar surface area (TPSA) is 12.0 Å². The van der Waals surface area contributed by atoms with Crippen molar-refractivity contribution in [3.05, 3.63) is 70.5 Å². The van der Waals surface area contributed by atoms with E-state index < -0.39 is 0 Å². The molecule has 2 aromatic rings. The predicted molar refractivity (Wildman–Crippen MR) is 82.7 cm³/mol. The van der Waals surface area contributed by atoms with Crippen LogP contribution >= 0.6 is 0 Å². The van der Waals surface area contributed by atoms with Gasteiger partial charge in [-0.05, 0) is 61.7 Å². The fraction of sp³-hybridized carbons (Fsp3) is 0.333. The first-order valence-corrected chi connectivity index (χ1v) is 7.06. The molecular formula is C18H22FN. The second-order valence-electron chi connectivity index (χ2n) is 5.43. The molecule has 0 spiro atoms. The summed E-state index contributed by atoms with van der Waals surface area (Å²) in [6, 6.07) is 13.5. The molecule has 0 aliphatic rings. The number of hydrogen-bond acceptors (Lipinski definition) is 1. The summed E-state index contributed by atoms with van der Waals surface area (Å²) in [5.41, 5.74) is 4.98. The van der Waals surface area contributed by atoms with Gasteiger partial charge in [0.2, 0.25) is 0 Å². The van der Waals surface area contributed by atoms with Crippen molar-refractivity contribution >= 4 is 0 Å².